The number of alkyl carbamates (subject to hydrolysis) is 1. The Kier molecular flexibility index (Phi) is 12.8. The number of hydrogen-bond donors (Lipinski definition) is 4. The van der Waals surface area contributed by atoms with Crippen LogP contribution in [0, 0.1) is 17.3 Å². The molecule has 4 N–H and O–H groups in total. The summed E-state index contributed by atoms with van der Waals surface area (Å²) >= 11 is 0. The molecule has 12 heteroatoms. The largest absolute Gasteiger partial charge is 0.444 e. The van der Waals surface area contributed by atoms with E-state index in [1.807, 2.05) is 30.3 Å². The van der Waals surface area contributed by atoms with E-state index in [0.29, 0.717) is 19.4 Å². The van der Waals surface area contributed by atoms with Gasteiger partial charge >= 0.3 is 6.09 Å². The molecule has 3 fully saturated rings. The number of rotatable bonds is 7. The van der Waals surface area contributed by atoms with E-state index in [-0.39, 0.29) is 42.7 Å². The first-order chi connectivity index (χ1) is 23.2. The van der Waals surface area contributed by atoms with Crippen LogP contribution in [0.5, 0.6) is 0 Å². The van der Waals surface area contributed by atoms with Crippen LogP contribution in [0.15, 0.2) is 30.3 Å². The molecular formula is C37H55N5O7. The van der Waals surface area contributed by atoms with Crippen molar-refractivity contribution in [3.63, 3.8) is 0 Å². The first-order valence-electron chi connectivity index (χ1n) is 17.9. The van der Waals surface area contributed by atoms with Gasteiger partial charge in [0.25, 0.3) is 5.91 Å². The second kappa shape index (κ2) is 16.6. The minimum absolute atomic E-state index is 0.0896. The molecule has 0 radical (unpaired) electrons. The van der Waals surface area contributed by atoms with Crippen molar-refractivity contribution in [2.24, 2.45) is 17.3 Å². The number of carbonyl (C=O) groups is 6. The molecule has 5 atom stereocenters. The molecule has 2 saturated heterocycles. The zero-order valence-electron chi connectivity index (χ0n) is 29.8. The van der Waals surface area contributed by atoms with E-state index in [1.165, 1.54) is 0 Å². The maximum absolute atomic E-state index is 14.1. The fraction of sp³-hybridized carbons (Fsp3) is 0.676. The molecule has 3 aliphatic rings. The molecule has 2 heterocycles. The van der Waals surface area contributed by atoms with Crippen LogP contribution in [0.1, 0.15) is 104 Å². The Labute approximate surface area is 290 Å². The maximum Gasteiger partial charge on any atom is 0.408 e. The van der Waals surface area contributed by atoms with Crippen LogP contribution in [-0.4, -0.2) is 77.2 Å². The maximum atomic E-state index is 14.1. The van der Waals surface area contributed by atoms with Gasteiger partial charge < -0.3 is 30.9 Å². The monoisotopic (exact) mass is 681 g/mol. The molecule has 12 nitrogen and oxygen atoms in total. The number of amides is 5. The lowest BCUT2D eigenvalue weighted by molar-refractivity contribution is -0.144. The molecule has 0 bridgehead atoms. The van der Waals surface area contributed by atoms with Crippen LogP contribution in [0.3, 0.4) is 0 Å². The van der Waals surface area contributed by atoms with Gasteiger partial charge in [-0.1, -0.05) is 95.5 Å². The van der Waals surface area contributed by atoms with Gasteiger partial charge in [-0.3, -0.25) is 24.0 Å². The van der Waals surface area contributed by atoms with Crippen molar-refractivity contribution in [2.45, 2.75) is 129 Å². The Bertz CT molecular complexity index is 1360. The zero-order valence-corrected chi connectivity index (χ0v) is 29.8. The Balaban J connectivity index is 1.48. The van der Waals surface area contributed by atoms with Crippen molar-refractivity contribution < 1.29 is 33.5 Å². The van der Waals surface area contributed by atoms with E-state index < -0.39 is 53.3 Å². The lowest BCUT2D eigenvalue weighted by Gasteiger charge is -2.34. The molecular weight excluding hydrogens is 626 g/mol. The Morgan fingerprint density at radius 3 is 2.14 bits per heavy atom. The SMILES string of the molecule is CC(C)(C)OC(=O)N[C@@H]1CCCCCCCCCC[C@H](C(=O)C(=O)NCC(=O)NCc2ccccc2)NC(=O)[C@@H]2[C@@H]3[C@H](CN2C1=O)C3(C)C. The second-order valence-electron chi connectivity index (χ2n) is 15.4. The number of carbonyl (C=O) groups excluding carboxylic acids is 6. The molecule has 0 unspecified atom stereocenters. The molecule has 5 amide bonds. The number of nitrogens with zero attached hydrogens (tertiary/aromatic N) is 1. The molecule has 0 spiro atoms. The van der Waals surface area contributed by atoms with Gasteiger partial charge in [0.1, 0.15) is 17.7 Å². The summed E-state index contributed by atoms with van der Waals surface area (Å²) in [5.41, 5.74) is -0.0312. The lowest BCUT2D eigenvalue weighted by Crippen LogP contribution is -2.58. The quantitative estimate of drug-likeness (QED) is 0.319. The summed E-state index contributed by atoms with van der Waals surface area (Å²) in [6.45, 7) is 9.66. The van der Waals surface area contributed by atoms with E-state index in [9.17, 15) is 28.8 Å². The van der Waals surface area contributed by atoms with Gasteiger partial charge in [-0.15, -0.1) is 0 Å². The summed E-state index contributed by atoms with van der Waals surface area (Å²) in [5.74, 6) is -3.09. The smallest absolute Gasteiger partial charge is 0.408 e. The van der Waals surface area contributed by atoms with Crippen molar-refractivity contribution in [2.75, 3.05) is 13.1 Å². The standard InChI is InChI=1S/C37H55N5O7/c1-36(2,3)49-35(48)41-27-20-16-11-9-7-6-8-10-15-19-26(40-32(45)30-29-25(37(29,4)5)23-42(30)34(27)47)31(44)33(46)39-22-28(43)38-21-24-17-13-12-14-18-24/h12-14,17-18,25-27,29-30H,6-11,15-16,19-23H2,1-5H3,(H,38,43)(H,39,46)(H,40,45)(H,41,48)/t25-,26+,27+,29-,30-/m0/s1. The van der Waals surface area contributed by atoms with Crippen LogP contribution in [0.25, 0.3) is 0 Å². The first-order valence-corrected chi connectivity index (χ1v) is 17.9. The van der Waals surface area contributed by atoms with E-state index in [2.05, 4.69) is 35.1 Å². The zero-order chi connectivity index (χ0) is 35.8. The van der Waals surface area contributed by atoms with E-state index in [1.54, 1.807) is 25.7 Å². The third kappa shape index (κ3) is 10.5. The average Bonchev–Trinajstić information content (AvgIpc) is 3.35. The van der Waals surface area contributed by atoms with Crippen LogP contribution in [0.4, 0.5) is 4.79 Å². The number of Topliss-reactive ketones (excluding diaryl/α,β-unsaturated/α-hetero) is 1. The van der Waals surface area contributed by atoms with Crippen LogP contribution in [0.2, 0.25) is 0 Å². The minimum atomic E-state index is -1.11. The highest BCUT2D eigenvalue weighted by molar-refractivity contribution is 6.38. The number of nitrogens with one attached hydrogen (secondary N) is 4. The number of hydrogen-bond acceptors (Lipinski definition) is 7. The van der Waals surface area contributed by atoms with Gasteiger partial charge in [0.15, 0.2) is 0 Å². The predicted molar refractivity (Wildman–Crippen MR) is 184 cm³/mol. The molecule has 49 heavy (non-hydrogen) atoms. The topological polar surface area (TPSA) is 163 Å². The Morgan fingerprint density at radius 2 is 1.51 bits per heavy atom. The van der Waals surface area contributed by atoms with E-state index in [0.717, 1.165) is 50.5 Å². The summed E-state index contributed by atoms with van der Waals surface area (Å²) in [7, 11) is 0. The van der Waals surface area contributed by atoms with E-state index >= 15 is 0 Å². The summed E-state index contributed by atoms with van der Waals surface area (Å²) in [6, 6.07) is 6.50. The molecule has 1 aliphatic carbocycles. The second-order valence-corrected chi connectivity index (χ2v) is 15.4. The molecule has 0 aromatic heterocycles. The van der Waals surface area contributed by atoms with Gasteiger partial charge in [0, 0.05) is 13.1 Å². The van der Waals surface area contributed by atoms with Crippen molar-refractivity contribution in [3.05, 3.63) is 35.9 Å². The summed E-state index contributed by atoms with van der Waals surface area (Å²) in [4.78, 5) is 81.5. The molecule has 1 aromatic carbocycles. The third-order valence-corrected chi connectivity index (χ3v) is 10.1. The van der Waals surface area contributed by atoms with Gasteiger partial charge in [-0.25, -0.2) is 4.79 Å². The molecule has 1 aromatic rings. The van der Waals surface area contributed by atoms with Gasteiger partial charge in [0.2, 0.25) is 23.5 Å². The van der Waals surface area contributed by atoms with Crippen molar-refractivity contribution in [1.82, 2.24) is 26.2 Å². The van der Waals surface area contributed by atoms with Gasteiger partial charge in [-0.05, 0) is 56.4 Å². The minimum Gasteiger partial charge on any atom is -0.444 e. The fourth-order valence-electron chi connectivity index (χ4n) is 7.27. The van der Waals surface area contributed by atoms with Crippen LogP contribution >= 0.6 is 0 Å². The normalized spacial score (nSPS) is 26.2. The summed E-state index contributed by atoms with van der Waals surface area (Å²) < 4.78 is 5.47. The lowest BCUT2D eigenvalue weighted by atomic mass is 9.97. The molecule has 2 aliphatic heterocycles. The highest BCUT2D eigenvalue weighted by atomic mass is 16.6. The molecule has 270 valence electrons. The highest BCUT2D eigenvalue weighted by Gasteiger charge is 2.69. The van der Waals surface area contributed by atoms with Gasteiger partial charge in [-0.2, -0.15) is 0 Å². The Hall–Kier alpha value is -3.96. The van der Waals surface area contributed by atoms with Crippen molar-refractivity contribution >= 4 is 35.5 Å². The van der Waals surface area contributed by atoms with E-state index in [4.69, 9.17) is 4.74 Å². The Morgan fingerprint density at radius 1 is 0.898 bits per heavy atom. The van der Waals surface area contributed by atoms with Gasteiger partial charge in [0.05, 0.1) is 12.6 Å². The van der Waals surface area contributed by atoms with Crippen LogP contribution in [-0.2, 0) is 35.3 Å². The number of ether oxygens (including phenoxy) is 1. The number of ketones is 1. The van der Waals surface area contributed by atoms with Crippen LogP contribution < -0.4 is 21.3 Å². The summed E-state index contributed by atoms with van der Waals surface area (Å²) in [5, 5.41) is 10.7. The fourth-order valence-corrected chi connectivity index (χ4v) is 7.27. The van der Waals surface area contributed by atoms with Crippen molar-refractivity contribution in [1.29, 1.82) is 0 Å². The highest BCUT2D eigenvalue weighted by Crippen LogP contribution is 2.65. The summed E-state index contributed by atoms with van der Waals surface area (Å²) in [6.07, 6.45) is 7.12. The van der Waals surface area contributed by atoms with Crippen molar-refractivity contribution in [3.8, 4) is 0 Å². The predicted octanol–water partition coefficient (Wildman–Crippen LogP) is 3.76. The number of piperidine rings is 1. The molecule has 1 saturated carbocycles. The molecule has 4 rings (SSSR count). The number of benzene rings is 1. The average molecular weight is 682 g/mol. The first kappa shape index (κ1) is 37.9. The third-order valence-electron chi connectivity index (χ3n) is 10.1. The number of fused-ring (bicyclic) bond motifs is 3.